The Bertz CT molecular complexity index is 667. The maximum absolute atomic E-state index is 13.5. The molecule has 2 saturated carbocycles. The molecular weight excluding hydrogens is 333 g/mol. The molecule has 1 amide bonds. The number of rotatable bonds is 4. The average Bonchev–Trinajstić information content (AvgIpc) is 2.61. The molecule has 1 aromatic heterocycles. The van der Waals surface area contributed by atoms with Crippen molar-refractivity contribution in [2.24, 2.45) is 11.1 Å². The van der Waals surface area contributed by atoms with Gasteiger partial charge in [-0.15, -0.1) is 0 Å². The van der Waals surface area contributed by atoms with Crippen molar-refractivity contribution < 1.29 is 26.7 Å². The number of hydrogen-bond donors (Lipinski definition) is 1. The van der Waals surface area contributed by atoms with E-state index in [2.05, 4.69) is 5.10 Å². The molecule has 2 N–H and O–H groups in total. The molecule has 1 heterocycles. The first-order valence-corrected chi connectivity index (χ1v) is 7.77. The molecule has 2 aliphatic rings. The Morgan fingerprint density at radius 1 is 1.33 bits per heavy atom. The van der Waals surface area contributed by atoms with Crippen molar-refractivity contribution in [2.45, 2.75) is 63.6 Å². The van der Waals surface area contributed by atoms with Crippen LogP contribution in [0.15, 0.2) is 0 Å². The highest BCUT2D eigenvalue weighted by molar-refractivity contribution is 5.93. The number of carbonyl (C=O) groups excluding carboxylic acids is 1. The van der Waals surface area contributed by atoms with Gasteiger partial charge in [0, 0.05) is 25.3 Å². The number of alkyl halides is 5. The molecule has 1 aromatic rings. The smallest absolute Gasteiger partial charge is 0.364 e. The average molecular weight is 351 g/mol. The van der Waals surface area contributed by atoms with Crippen LogP contribution in [0.4, 0.5) is 22.0 Å². The summed E-state index contributed by atoms with van der Waals surface area (Å²) >= 11 is 0. The minimum atomic E-state index is -4.77. The minimum absolute atomic E-state index is 0.183. The lowest BCUT2D eigenvalue weighted by Gasteiger charge is -2.44. The number of aromatic nitrogens is 2. The SMILES string of the molecule is CC1(Cn2nc(C3CCC3)c(C(F)(F)F)c2C(N)=O)CC(F)(F)C1. The second-order valence-electron chi connectivity index (χ2n) is 7.28. The zero-order valence-corrected chi connectivity index (χ0v) is 13.1. The van der Waals surface area contributed by atoms with Crippen LogP contribution in [0.25, 0.3) is 0 Å². The molecule has 0 bridgehead atoms. The number of primary amides is 1. The summed E-state index contributed by atoms with van der Waals surface area (Å²) in [5.41, 5.74) is 2.26. The molecule has 3 rings (SSSR count). The fourth-order valence-electron chi connectivity index (χ4n) is 3.76. The fraction of sp³-hybridized carbons (Fsp3) is 0.733. The number of nitrogens with two attached hydrogens (primary N) is 1. The van der Waals surface area contributed by atoms with Gasteiger partial charge >= 0.3 is 6.18 Å². The van der Waals surface area contributed by atoms with Gasteiger partial charge in [0.15, 0.2) is 0 Å². The van der Waals surface area contributed by atoms with Crippen LogP contribution < -0.4 is 5.73 Å². The van der Waals surface area contributed by atoms with Gasteiger partial charge in [-0.05, 0) is 18.3 Å². The van der Waals surface area contributed by atoms with Gasteiger partial charge in [0.25, 0.3) is 5.91 Å². The Morgan fingerprint density at radius 3 is 2.29 bits per heavy atom. The first kappa shape index (κ1) is 17.2. The summed E-state index contributed by atoms with van der Waals surface area (Å²) < 4.78 is 67.6. The second kappa shape index (κ2) is 5.16. The first-order valence-electron chi connectivity index (χ1n) is 7.77. The van der Waals surface area contributed by atoms with E-state index in [1.54, 1.807) is 6.92 Å². The molecule has 134 valence electrons. The Hall–Kier alpha value is -1.67. The van der Waals surface area contributed by atoms with E-state index in [1.807, 2.05) is 0 Å². The van der Waals surface area contributed by atoms with E-state index in [1.165, 1.54) is 0 Å². The molecule has 24 heavy (non-hydrogen) atoms. The summed E-state index contributed by atoms with van der Waals surface area (Å²) in [4.78, 5) is 11.7. The van der Waals surface area contributed by atoms with Crippen molar-refractivity contribution in [1.82, 2.24) is 9.78 Å². The Kier molecular flexibility index (Phi) is 3.69. The van der Waals surface area contributed by atoms with E-state index >= 15 is 0 Å². The largest absolute Gasteiger partial charge is 0.420 e. The van der Waals surface area contributed by atoms with Crippen LogP contribution in [0, 0.1) is 5.41 Å². The number of carbonyl (C=O) groups is 1. The van der Waals surface area contributed by atoms with Crippen LogP contribution in [-0.2, 0) is 12.7 Å². The van der Waals surface area contributed by atoms with Gasteiger partial charge in [-0.3, -0.25) is 9.48 Å². The maximum Gasteiger partial charge on any atom is 0.420 e. The topological polar surface area (TPSA) is 60.9 Å². The van der Waals surface area contributed by atoms with Gasteiger partial charge in [0.2, 0.25) is 5.92 Å². The normalized spacial score (nSPS) is 22.8. The van der Waals surface area contributed by atoms with Crippen LogP contribution >= 0.6 is 0 Å². The summed E-state index contributed by atoms with van der Waals surface area (Å²) in [6, 6.07) is 0. The fourth-order valence-corrected chi connectivity index (χ4v) is 3.76. The number of nitrogens with zero attached hydrogens (tertiary/aromatic N) is 2. The van der Waals surface area contributed by atoms with Crippen molar-refractivity contribution in [1.29, 1.82) is 0 Å². The molecule has 0 radical (unpaired) electrons. The van der Waals surface area contributed by atoms with E-state index in [0.717, 1.165) is 11.1 Å². The lowest BCUT2D eigenvalue weighted by atomic mass is 9.67. The van der Waals surface area contributed by atoms with Gasteiger partial charge in [0.1, 0.15) is 11.3 Å². The molecule has 0 unspecified atom stereocenters. The second-order valence-corrected chi connectivity index (χ2v) is 7.28. The van der Waals surface area contributed by atoms with Crippen LogP contribution in [0.2, 0.25) is 0 Å². The van der Waals surface area contributed by atoms with Crippen LogP contribution in [0.5, 0.6) is 0 Å². The molecule has 0 aromatic carbocycles. The molecule has 4 nitrogen and oxygen atoms in total. The molecule has 0 spiro atoms. The minimum Gasteiger partial charge on any atom is -0.364 e. The Balaban J connectivity index is 2.02. The van der Waals surface area contributed by atoms with E-state index in [-0.39, 0.29) is 18.2 Å². The van der Waals surface area contributed by atoms with Gasteiger partial charge in [0.05, 0.1) is 5.69 Å². The molecule has 0 saturated heterocycles. The lowest BCUT2D eigenvalue weighted by Crippen LogP contribution is -2.47. The first-order chi connectivity index (χ1) is 10.9. The van der Waals surface area contributed by atoms with Gasteiger partial charge in [-0.2, -0.15) is 18.3 Å². The zero-order valence-electron chi connectivity index (χ0n) is 13.1. The molecule has 0 atom stereocenters. The van der Waals surface area contributed by atoms with Crippen molar-refractivity contribution in [2.75, 3.05) is 0 Å². The number of amides is 1. The number of halogens is 5. The third-order valence-corrected chi connectivity index (χ3v) is 4.89. The highest BCUT2D eigenvalue weighted by atomic mass is 19.4. The summed E-state index contributed by atoms with van der Waals surface area (Å²) in [5.74, 6) is -4.43. The van der Waals surface area contributed by atoms with E-state index < -0.39 is 47.5 Å². The molecular formula is C15H18F5N3O. The summed E-state index contributed by atoms with van der Waals surface area (Å²) in [5, 5.41) is 3.99. The van der Waals surface area contributed by atoms with Gasteiger partial charge < -0.3 is 5.73 Å². The number of hydrogen-bond acceptors (Lipinski definition) is 2. The van der Waals surface area contributed by atoms with Crippen LogP contribution in [0.3, 0.4) is 0 Å². The monoisotopic (exact) mass is 351 g/mol. The maximum atomic E-state index is 13.5. The van der Waals surface area contributed by atoms with Gasteiger partial charge in [-0.1, -0.05) is 13.3 Å². The molecule has 2 fully saturated rings. The van der Waals surface area contributed by atoms with Crippen molar-refractivity contribution in [3.05, 3.63) is 17.0 Å². The molecule has 9 heteroatoms. The Labute approximate surface area is 135 Å². The van der Waals surface area contributed by atoms with E-state index in [0.29, 0.717) is 12.8 Å². The Morgan fingerprint density at radius 2 is 1.92 bits per heavy atom. The van der Waals surface area contributed by atoms with E-state index in [4.69, 9.17) is 5.73 Å². The van der Waals surface area contributed by atoms with Crippen LogP contribution in [0.1, 0.15) is 66.7 Å². The lowest BCUT2D eigenvalue weighted by molar-refractivity contribution is -0.160. The zero-order chi connectivity index (χ0) is 17.9. The highest BCUT2D eigenvalue weighted by Crippen LogP contribution is 2.53. The highest BCUT2D eigenvalue weighted by Gasteiger charge is 2.54. The standard InChI is InChI=1S/C15H18F5N3O/c1-13(5-14(16,17)6-13)7-23-11(12(21)24)9(15(18,19)20)10(22-23)8-3-2-4-8/h8H,2-7H2,1H3,(H2,21,24). The quantitative estimate of drug-likeness (QED) is 0.841. The van der Waals surface area contributed by atoms with Crippen molar-refractivity contribution in [3.8, 4) is 0 Å². The predicted molar refractivity (Wildman–Crippen MR) is 74.6 cm³/mol. The van der Waals surface area contributed by atoms with Crippen molar-refractivity contribution in [3.63, 3.8) is 0 Å². The summed E-state index contributed by atoms with van der Waals surface area (Å²) in [7, 11) is 0. The van der Waals surface area contributed by atoms with Gasteiger partial charge in [-0.25, -0.2) is 8.78 Å². The third-order valence-electron chi connectivity index (χ3n) is 4.89. The summed E-state index contributed by atoms with van der Waals surface area (Å²) in [6.07, 6.45) is -3.74. The van der Waals surface area contributed by atoms with Crippen LogP contribution in [-0.4, -0.2) is 21.6 Å². The predicted octanol–water partition coefficient (Wildman–Crippen LogP) is 3.70. The van der Waals surface area contributed by atoms with Crippen molar-refractivity contribution >= 4 is 5.91 Å². The van der Waals surface area contributed by atoms with E-state index in [9.17, 15) is 26.7 Å². The summed E-state index contributed by atoms with van der Waals surface area (Å²) in [6.45, 7) is 1.36. The third kappa shape index (κ3) is 2.88. The molecule has 0 aliphatic heterocycles. The molecule has 2 aliphatic carbocycles.